The standard InChI is InChI=1S/C14H10ClNO/c15-10-3-1-2-9(8-10)12-5-4-11-13(16-12)6-7-14(11)17/h1-5,8H,6-7H2. The van der Waals surface area contributed by atoms with Crippen LogP contribution >= 0.6 is 11.6 Å². The third kappa shape index (κ3) is 1.85. The van der Waals surface area contributed by atoms with Gasteiger partial charge in [-0.05, 0) is 30.7 Å². The minimum atomic E-state index is 0.199. The number of pyridine rings is 1. The van der Waals surface area contributed by atoms with E-state index in [-0.39, 0.29) is 5.78 Å². The number of aromatic nitrogens is 1. The van der Waals surface area contributed by atoms with Crippen molar-refractivity contribution in [1.82, 2.24) is 4.98 Å². The smallest absolute Gasteiger partial charge is 0.165 e. The summed E-state index contributed by atoms with van der Waals surface area (Å²) in [4.78, 5) is 16.0. The second kappa shape index (κ2) is 3.97. The molecular weight excluding hydrogens is 234 g/mol. The Kier molecular flexibility index (Phi) is 2.45. The number of carbonyl (C=O) groups excluding carboxylic acids is 1. The monoisotopic (exact) mass is 243 g/mol. The number of nitrogens with zero attached hydrogens (tertiary/aromatic N) is 1. The first-order valence-corrected chi connectivity index (χ1v) is 5.91. The summed E-state index contributed by atoms with van der Waals surface area (Å²) in [7, 11) is 0. The van der Waals surface area contributed by atoms with Gasteiger partial charge in [-0.1, -0.05) is 23.7 Å². The van der Waals surface area contributed by atoms with Crippen LogP contribution in [0.2, 0.25) is 5.02 Å². The molecule has 0 bridgehead atoms. The molecular formula is C14H10ClNO. The van der Waals surface area contributed by atoms with Gasteiger partial charge in [0.2, 0.25) is 0 Å². The van der Waals surface area contributed by atoms with E-state index >= 15 is 0 Å². The van der Waals surface area contributed by atoms with Crippen LogP contribution in [0.4, 0.5) is 0 Å². The van der Waals surface area contributed by atoms with Crippen LogP contribution in [0.25, 0.3) is 11.3 Å². The van der Waals surface area contributed by atoms with Gasteiger partial charge in [0.05, 0.1) is 11.4 Å². The van der Waals surface area contributed by atoms with Crippen molar-refractivity contribution in [3.63, 3.8) is 0 Å². The Morgan fingerprint density at radius 2 is 2.00 bits per heavy atom. The van der Waals surface area contributed by atoms with Gasteiger partial charge >= 0.3 is 0 Å². The number of rotatable bonds is 1. The summed E-state index contributed by atoms with van der Waals surface area (Å²) < 4.78 is 0. The number of aryl methyl sites for hydroxylation is 1. The average molecular weight is 244 g/mol. The molecule has 0 fully saturated rings. The molecule has 0 aliphatic heterocycles. The second-order valence-corrected chi connectivity index (χ2v) is 4.56. The van der Waals surface area contributed by atoms with Crippen LogP contribution in [-0.2, 0) is 6.42 Å². The van der Waals surface area contributed by atoms with Crippen LogP contribution in [0.3, 0.4) is 0 Å². The minimum Gasteiger partial charge on any atom is -0.294 e. The molecule has 0 unspecified atom stereocenters. The molecule has 2 nitrogen and oxygen atoms in total. The first-order chi connectivity index (χ1) is 8.24. The maximum absolute atomic E-state index is 11.5. The van der Waals surface area contributed by atoms with Crippen LogP contribution in [0.15, 0.2) is 36.4 Å². The molecule has 84 valence electrons. The molecule has 0 saturated carbocycles. The van der Waals surface area contributed by atoms with E-state index in [2.05, 4.69) is 4.98 Å². The molecule has 0 atom stereocenters. The van der Waals surface area contributed by atoms with Crippen molar-refractivity contribution in [2.45, 2.75) is 12.8 Å². The average Bonchev–Trinajstić information content (AvgIpc) is 2.71. The van der Waals surface area contributed by atoms with Gasteiger partial charge in [-0.15, -0.1) is 0 Å². The highest BCUT2D eigenvalue weighted by Gasteiger charge is 2.20. The van der Waals surface area contributed by atoms with Crippen LogP contribution in [0, 0.1) is 0 Å². The molecule has 2 aromatic rings. The van der Waals surface area contributed by atoms with Gasteiger partial charge in [-0.2, -0.15) is 0 Å². The van der Waals surface area contributed by atoms with E-state index in [0.29, 0.717) is 11.4 Å². The highest BCUT2D eigenvalue weighted by Crippen LogP contribution is 2.26. The van der Waals surface area contributed by atoms with Crippen LogP contribution in [0.5, 0.6) is 0 Å². The number of hydrogen-bond acceptors (Lipinski definition) is 2. The zero-order valence-electron chi connectivity index (χ0n) is 9.11. The molecule has 1 aromatic carbocycles. The Balaban J connectivity index is 2.09. The van der Waals surface area contributed by atoms with Gasteiger partial charge < -0.3 is 0 Å². The van der Waals surface area contributed by atoms with Gasteiger partial charge in [-0.25, -0.2) is 0 Å². The largest absolute Gasteiger partial charge is 0.294 e. The fourth-order valence-corrected chi connectivity index (χ4v) is 2.31. The number of halogens is 1. The van der Waals surface area contributed by atoms with Gasteiger partial charge in [-0.3, -0.25) is 9.78 Å². The number of ketones is 1. The number of Topliss-reactive ketones (excluding diaryl/α,β-unsaturated/α-hetero) is 1. The number of carbonyl (C=O) groups is 1. The van der Waals surface area contributed by atoms with Crippen molar-refractivity contribution >= 4 is 17.4 Å². The second-order valence-electron chi connectivity index (χ2n) is 4.12. The van der Waals surface area contributed by atoms with Crippen molar-refractivity contribution in [3.8, 4) is 11.3 Å². The van der Waals surface area contributed by atoms with Gasteiger partial charge in [0.1, 0.15) is 0 Å². The summed E-state index contributed by atoms with van der Waals surface area (Å²) in [5.74, 6) is 0.199. The third-order valence-electron chi connectivity index (χ3n) is 2.98. The fourth-order valence-electron chi connectivity index (χ4n) is 2.12. The summed E-state index contributed by atoms with van der Waals surface area (Å²) in [5, 5.41) is 0.695. The number of hydrogen-bond donors (Lipinski definition) is 0. The topological polar surface area (TPSA) is 30.0 Å². The Hall–Kier alpha value is -1.67. The first kappa shape index (κ1) is 10.5. The highest BCUT2D eigenvalue weighted by molar-refractivity contribution is 6.30. The molecule has 1 aliphatic rings. The summed E-state index contributed by atoms with van der Waals surface area (Å²) in [6.07, 6.45) is 1.34. The fraction of sp³-hybridized carbons (Fsp3) is 0.143. The van der Waals surface area contributed by atoms with E-state index in [1.807, 2.05) is 36.4 Å². The van der Waals surface area contributed by atoms with Gasteiger partial charge in [0.25, 0.3) is 0 Å². The van der Waals surface area contributed by atoms with Crippen molar-refractivity contribution in [2.24, 2.45) is 0 Å². The zero-order valence-corrected chi connectivity index (χ0v) is 9.87. The molecule has 0 amide bonds. The molecule has 3 heteroatoms. The van der Waals surface area contributed by atoms with Gasteiger partial charge in [0, 0.05) is 22.6 Å². The van der Waals surface area contributed by atoms with E-state index in [4.69, 9.17) is 11.6 Å². The van der Waals surface area contributed by atoms with E-state index in [0.717, 1.165) is 28.9 Å². The molecule has 0 N–H and O–H groups in total. The lowest BCUT2D eigenvalue weighted by Gasteiger charge is -2.04. The van der Waals surface area contributed by atoms with E-state index in [1.165, 1.54) is 0 Å². The Labute approximate surface area is 104 Å². The Morgan fingerprint density at radius 1 is 1.12 bits per heavy atom. The molecule has 0 saturated heterocycles. The Morgan fingerprint density at radius 3 is 2.82 bits per heavy atom. The third-order valence-corrected chi connectivity index (χ3v) is 3.22. The van der Waals surface area contributed by atoms with Crippen LogP contribution < -0.4 is 0 Å². The van der Waals surface area contributed by atoms with Crippen LogP contribution in [-0.4, -0.2) is 10.8 Å². The lowest BCUT2D eigenvalue weighted by atomic mass is 10.1. The molecule has 1 aliphatic carbocycles. The van der Waals surface area contributed by atoms with Crippen molar-refractivity contribution in [3.05, 3.63) is 52.7 Å². The van der Waals surface area contributed by atoms with Crippen molar-refractivity contribution < 1.29 is 4.79 Å². The zero-order chi connectivity index (χ0) is 11.8. The van der Waals surface area contributed by atoms with E-state index in [1.54, 1.807) is 0 Å². The molecule has 0 spiro atoms. The SMILES string of the molecule is O=C1CCc2nc(-c3cccc(Cl)c3)ccc21. The van der Waals surface area contributed by atoms with Crippen molar-refractivity contribution in [1.29, 1.82) is 0 Å². The molecule has 1 heterocycles. The molecule has 3 rings (SSSR count). The van der Waals surface area contributed by atoms with Crippen molar-refractivity contribution in [2.75, 3.05) is 0 Å². The minimum absolute atomic E-state index is 0.199. The molecule has 0 radical (unpaired) electrons. The highest BCUT2D eigenvalue weighted by atomic mass is 35.5. The van der Waals surface area contributed by atoms with E-state index < -0.39 is 0 Å². The maximum Gasteiger partial charge on any atom is 0.165 e. The van der Waals surface area contributed by atoms with E-state index in [9.17, 15) is 4.79 Å². The summed E-state index contributed by atoms with van der Waals surface area (Å²) >= 11 is 5.95. The normalized spacial score (nSPS) is 13.8. The quantitative estimate of drug-likeness (QED) is 0.767. The summed E-state index contributed by atoms with van der Waals surface area (Å²) in [5.41, 5.74) is 3.55. The van der Waals surface area contributed by atoms with Gasteiger partial charge in [0.15, 0.2) is 5.78 Å². The lowest BCUT2D eigenvalue weighted by molar-refractivity contribution is 0.0994. The summed E-state index contributed by atoms with van der Waals surface area (Å²) in [6, 6.07) is 11.3. The predicted octanol–water partition coefficient (Wildman–Crippen LogP) is 3.53. The number of benzene rings is 1. The maximum atomic E-state index is 11.5. The summed E-state index contributed by atoms with van der Waals surface area (Å²) in [6.45, 7) is 0. The number of fused-ring (bicyclic) bond motifs is 1. The molecule has 17 heavy (non-hydrogen) atoms. The Bertz CT molecular complexity index is 607. The lowest BCUT2D eigenvalue weighted by Crippen LogP contribution is -1.94. The molecule has 1 aromatic heterocycles. The predicted molar refractivity (Wildman–Crippen MR) is 67.3 cm³/mol. The first-order valence-electron chi connectivity index (χ1n) is 5.53. The van der Waals surface area contributed by atoms with Crippen LogP contribution in [0.1, 0.15) is 22.5 Å².